The molecular weight excluding hydrogens is 533 g/mol. The van der Waals surface area contributed by atoms with E-state index in [1.807, 2.05) is 6.92 Å². The van der Waals surface area contributed by atoms with Gasteiger partial charge in [0.05, 0.1) is 33.1 Å². The summed E-state index contributed by atoms with van der Waals surface area (Å²) < 4.78 is 16.8. The Bertz CT molecular complexity index is 1460. The number of unbranched alkanes of at least 4 members (excludes halogenated alkanes) is 1. The van der Waals surface area contributed by atoms with Gasteiger partial charge >= 0.3 is 5.97 Å². The fraction of sp³-hybridized carbons (Fsp3) is 0.185. The van der Waals surface area contributed by atoms with Crippen molar-refractivity contribution in [2.24, 2.45) is 5.73 Å². The molecule has 1 atom stereocenters. The number of rotatable bonds is 8. The first-order valence-corrected chi connectivity index (χ1v) is 12.3. The predicted octanol–water partition coefficient (Wildman–Crippen LogP) is 6.52. The molecule has 1 heterocycles. The van der Waals surface area contributed by atoms with Gasteiger partial charge in [0.2, 0.25) is 5.88 Å². The standard InChI is InChI=1S/C27H21Cl2N3O6/c1-2-3-10-36-25-21(28)11-16(12-22(25)29)27(33)37-18-8-9-19-23(13-18)38-26(31)20(14-30)24(19)15-4-6-17(7-5-15)32(34)35/h4-9,11-13,24H,2-3,10,31H2,1H3. The molecule has 0 radical (unpaired) electrons. The van der Waals surface area contributed by atoms with E-state index in [0.717, 1.165) is 12.8 Å². The number of fused-ring (bicyclic) bond motifs is 1. The Morgan fingerprint density at radius 1 is 1.16 bits per heavy atom. The van der Waals surface area contributed by atoms with Crippen molar-refractivity contribution in [3.63, 3.8) is 0 Å². The Hall–Kier alpha value is -4.26. The monoisotopic (exact) mass is 553 g/mol. The highest BCUT2D eigenvalue weighted by Crippen LogP contribution is 2.44. The zero-order valence-electron chi connectivity index (χ0n) is 20.1. The Morgan fingerprint density at radius 3 is 2.45 bits per heavy atom. The molecule has 0 aromatic heterocycles. The zero-order chi connectivity index (χ0) is 27.4. The maximum Gasteiger partial charge on any atom is 0.343 e. The molecule has 1 aliphatic heterocycles. The molecule has 0 saturated heterocycles. The molecule has 2 N–H and O–H groups in total. The van der Waals surface area contributed by atoms with E-state index in [1.165, 1.54) is 30.3 Å². The summed E-state index contributed by atoms with van der Waals surface area (Å²) in [5.41, 5.74) is 7.39. The molecule has 0 spiro atoms. The third-order valence-corrected chi connectivity index (χ3v) is 6.38. The summed E-state index contributed by atoms with van der Waals surface area (Å²) >= 11 is 12.6. The largest absolute Gasteiger partial charge is 0.490 e. The molecule has 1 aliphatic rings. The van der Waals surface area contributed by atoms with Crippen LogP contribution in [0.5, 0.6) is 17.2 Å². The first-order valence-electron chi connectivity index (χ1n) is 11.5. The van der Waals surface area contributed by atoms with Crippen molar-refractivity contribution in [1.82, 2.24) is 0 Å². The third-order valence-electron chi connectivity index (χ3n) is 5.82. The van der Waals surface area contributed by atoms with Gasteiger partial charge in [0.1, 0.15) is 23.1 Å². The number of allylic oxidation sites excluding steroid dienone is 1. The van der Waals surface area contributed by atoms with Crippen LogP contribution in [0.3, 0.4) is 0 Å². The van der Waals surface area contributed by atoms with Crippen LogP contribution >= 0.6 is 23.2 Å². The minimum Gasteiger partial charge on any atom is -0.490 e. The minimum atomic E-state index is -0.710. The quantitative estimate of drug-likeness (QED) is 0.109. The van der Waals surface area contributed by atoms with Crippen molar-refractivity contribution in [3.8, 4) is 23.3 Å². The summed E-state index contributed by atoms with van der Waals surface area (Å²) in [5.74, 6) is -0.742. The van der Waals surface area contributed by atoms with E-state index in [2.05, 4.69) is 6.07 Å². The number of nitrogens with two attached hydrogens (primary N) is 1. The van der Waals surface area contributed by atoms with E-state index >= 15 is 0 Å². The maximum atomic E-state index is 12.8. The molecule has 0 amide bonds. The van der Waals surface area contributed by atoms with Gasteiger partial charge in [-0.1, -0.05) is 54.7 Å². The lowest BCUT2D eigenvalue weighted by atomic mass is 9.83. The number of nitriles is 1. The molecule has 3 aromatic rings. The van der Waals surface area contributed by atoms with E-state index in [1.54, 1.807) is 24.3 Å². The third kappa shape index (κ3) is 5.52. The number of nitro groups is 1. The molecule has 11 heteroatoms. The average Bonchev–Trinajstić information content (AvgIpc) is 2.89. The van der Waals surface area contributed by atoms with Crippen molar-refractivity contribution in [3.05, 3.63) is 103 Å². The van der Waals surface area contributed by atoms with E-state index < -0.39 is 16.8 Å². The van der Waals surface area contributed by atoms with Gasteiger partial charge in [-0.15, -0.1) is 0 Å². The van der Waals surface area contributed by atoms with Crippen LogP contribution in [0.2, 0.25) is 10.0 Å². The number of ether oxygens (including phenoxy) is 3. The van der Waals surface area contributed by atoms with Crippen LogP contribution in [-0.2, 0) is 0 Å². The molecule has 0 bridgehead atoms. The molecule has 194 valence electrons. The number of hydrogen-bond acceptors (Lipinski definition) is 8. The van der Waals surface area contributed by atoms with Crippen LogP contribution in [0, 0.1) is 21.4 Å². The van der Waals surface area contributed by atoms with Crippen LogP contribution in [0.4, 0.5) is 5.69 Å². The number of nitrogens with zero attached hydrogens (tertiary/aromatic N) is 2. The molecule has 0 fully saturated rings. The lowest BCUT2D eigenvalue weighted by Gasteiger charge is -2.26. The van der Waals surface area contributed by atoms with Crippen LogP contribution in [0.1, 0.15) is 47.2 Å². The normalized spacial score (nSPS) is 14.2. The van der Waals surface area contributed by atoms with Crippen LogP contribution < -0.4 is 19.9 Å². The van der Waals surface area contributed by atoms with Gasteiger partial charge in [0.15, 0.2) is 5.75 Å². The van der Waals surface area contributed by atoms with Crippen molar-refractivity contribution >= 4 is 34.9 Å². The number of hydrogen-bond donors (Lipinski definition) is 1. The summed E-state index contributed by atoms with van der Waals surface area (Å²) in [6.45, 7) is 2.47. The summed E-state index contributed by atoms with van der Waals surface area (Å²) in [7, 11) is 0. The zero-order valence-corrected chi connectivity index (χ0v) is 21.6. The minimum absolute atomic E-state index is 0.0838. The SMILES string of the molecule is CCCCOc1c(Cl)cc(C(=O)Oc2ccc3c(c2)OC(N)=C(C#N)C3c2ccc([N+](=O)[O-])cc2)cc1Cl. The van der Waals surface area contributed by atoms with Gasteiger partial charge in [-0.3, -0.25) is 10.1 Å². The topological polar surface area (TPSA) is 138 Å². The lowest BCUT2D eigenvalue weighted by molar-refractivity contribution is -0.384. The number of carbonyl (C=O) groups is 1. The van der Waals surface area contributed by atoms with Crippen LogP contribution in [-0.4, -0.2) is 17.5 Å². The molecule has 0 aliphatic carbocycles. The number of carbonyl (C=O) groups excluding carboxylic acids is 1. The second kappa shape index (κ2) is 11.4. The highest BCUT2D eigenvalue weighted by atomic mass is 35.5. The Labute approximate surface area is 228 Å². The van der Waals surface area contributed by atoms with E-state index in [4.69, 9.17) is 43.1 Å². The van der Waals surface area contributed by atoms with Crippen molar-refractivity contribution in [2.75, 3.05) is 6.61 Å². The molecule has 4 rings (SSSR count). The molecular formula is C27H21Cl2N3O6. The number of non-ortho nitro benzene ring substituents is 1. The van der Waals surface area contributed by atoms with Crippen molar-refractivity contribution in [1.29, 1.82) is 5.26 Å². The summed E-state index contributed by atoms with van der Waals surface area (Å²) in [6, 6.07) is 15.3. The molecule has 9 nitrogen and oxygen atoms in total. The van der Waals surface area contributed by atoms with E-state index in [0.29, 0.717) is 23.5 Å². The molecule has 0 saturated carbocycles. The van der Waals surface area contributed by atoms with E-state index in [9.17, 15) is 20.2 Å². The fourth-order valence-corrected chi connectivity index (χ4v) is 4.53. The smallest absolute Gasteiger partial charge is 0.343 e. The van der Waals surface area contributed by atoms with Gasteiger partial charge < -0.3 is 19.9 Å². The highest BCUT2D eigenvalue weighted by molar-refractivity contribution is 6.37. The Morgan fingerprint density at radius 2 is 1.84 bits per heavy atom. The molecule has 38 heavy (non-hydrogen) atoms. The lowest BCUT2D eigenvalue weighted by Crippen LogP contribution is -2.21. The highest BCUT2D eigenvalue weighted by Gasteiger charge is 2.31. The van der Waals surface area contributed by atoms with Gasteiger partial charge in [-0.2, -0.15) is 5.26 Å². The van der Waals surface area contributed by atoms with Crippen LogP contribution in [0.15, 0.2) is 66.1 Å². The molecule has 1 unspecified atom stereocenters. The second-order valence-corrected chi connectivity index (χ2v) is 9.15. The van der Waals surface area contributed by atoms with E-state index in [-0.39, 0.29) is 44.3 Å². The fourth-order valence-electron chi connectivity index (χ4n) is 3.93. The second-order valence-electron chi connectivity index (χ2n) is 8.33. The Balaban J connectivity index is 1.60. The summed E-state index contributed by atoms with van der Waals surface area (Å²) in [5, 5.41) is 21.1. The van der Waals surface area contributed by atoms with Gasteiger partial charge in [-0.25, -0.2) is 4.79 Å². The van der Waals surface area contributed by atoms with Crippen molar-refractivity contribution in [2.45, 2.75) is 25.7 Å². The summed E-state index contributed by atoms with van der Waals surface area (Å²) in [6.07, 6.45) is 1.77. The van der Waals surface area contributed by atoms with Gasteiger partial charge in [0, 0.05) is 23.8 Å². The number of benzene rings is 3. The predicted molar refractivity (Wildman–Crippen MR) is 141 cm³/mol. The van der Waals surface area contributed by atoms with Gasteiger partial charge in [-0.05, 0) is 30.2 Å². The summed E-state index contributed by atoms with van der Waals surface area (Å²) in [4.78, 5) is 23.4. The number of halogens is 2. The maximum absolute atomic E-state index is 12.8. The Kier molecular flexibility index (Phi) is 8.05. The molecule has 3 aromatic carbocycles. The van der Waals surface area contributed by atoms with Crippen LogP contribution in [0.25, 0.3) is 0 Å². The first kappa shape index (κ1) is 26.8. The number of nitro benzene ring substituents is 1. The number of esters is 1. The average molecular weight is 554 g/mol. The van der Waals surface area contributed by atoms with Gasteiger partial charge in [0.25, 0.3) is 5.69 Å². The first-order chi connectivity index (χ1) is 18.2. The van der Waals surface area contributed by atoms with Crippen molar-refractivity contribution < 1.29 is 23.9 Å².